The number of benzene rings is 1. The molecule has 1 amide bonds. The van der Waals surface area contributed by atoms with E-state index in [4.69, 9.17) is 4.74 Å². The Labute approximate surface area is 146 Å². The molecular formula is C19H22N2O4. The summed E-state index contributed by atoms with van der Waals surface area (Å²) in [4.78, 5) is 18.9. The van der Waals surface area contributed by atoms with Crippen molar-refractivity contribution in [2.45, 2.75) is 32.3 Å². The molecule has 2 heterocycles. The van der Waals surface area contributed by atoms with E-state index in [9.17, 15) is 15.0 Å². The molecule has 132 valence electrons. The second kappa shape index (κ2) is 7.88. The fourth-order valence-electron chi connectivity index (χ4n) is 2.92. The van der Waals surface area contributed by atoms with Crippen LogP contribution in [0.5, 0.6) is 17.2 Å². The van der Waals surface area contributed by atoms with E-state index in [0.29, 0.717) is 11.4 Å². The van der Waals surface area contributed by atoms with Crippen molar-refractivity contribution in [1.82, 2.24) is 9.88 Å². The molecule has 0 spiro atoms. The standard InChI is InChI=1S/C19H22N2O4/c22-16-9-6-10-17(23)18(16)25-13-14-7-5-8-15(20-14)19(24)21-11-3-1-2-4-12-21/h5-10,22-23H,1-4,11-13H2. The number of carbonyl (C=O) groups is 1. The SMILES string of the molecule is O=C(c1cccc(COc2c(O)cccc2O)n1)N1CCCCCC1. The van der Waals surface area contributed by atoms with Crippen molar-refractivity contribution in [2.24, 2.45) is 0 Å². The number of pyridine rings is 1. The van der Waals surface area contributed by atoms with Gasteiger partial charge in [0.15, 0.2) is 11.5 Å². The lowest BCUT2D eigenvalue weighted by Crippen LogP contribution is -2.32. The Balaban J connectivity index is 1.70. The van der Waals surface area contributed by atoms with E-state index < -0.39 is 0 Å². The molecule has 2 aromatic rings. The van der Waals surface area contributed by atoms with Crippen LogP contribution in [0.15, 0.2) is 36.4 Å². The van der Waals surface area contributed by atoms with E-state index in [1.165, 1.54) is 18.2 Å². The lowest BCUT2D eigenvalue weighted by atomic mass is 10.2. The molecule has 0 unspecified atom stereocenters. The minimum absolute atomic E-state index is 0.00791. The van der Waals surface area contributed by atoms with Crippen LogP contribution in [0.3, 0.4) is 0 Å². The maximum absolute atomic E-state index is 12.6. The number of likely N-dealkylation sites (tertiary alicyclic amines) is 1. The molecular weight excluding hydrogens is 320 g/mol. The summed E-state index contributed by atoms with van der Waals surface area (Å²) in [7, 11) is 0. The van der Waals surface area contributed by atoms with Gasteiger partial charge in [-0.3, -0.25) is 4.79 Å². The van der Waals surface area contributed by atoms with E-state index in [1.807, 2.05) is 4.90 Å². The van der Waals surface area contributed by atoms with Crippen LogP contribution < -0.4 is 4.74 Å². The molecule has 1 aromatic carbocycles. The summed E-state index contributed by atoms with van der Waals surface area (Å²) in [6.45, 7) is 1.59. The molecule has 6 nitrogen and oxygen atoms in total. The number of amides is 1. The van der Waals surface area contributed by atoms with Crippen molar-refractivity contribution < 1.29 is 19.7 Å². The Kier molecular flexibility index (Phi) is 5.38. The summed E-state index contributed by atoms with van der Waals surface area (Å²) in [5.41, 5.74) is 0.952. The lowest BCUT2D eigenvalue weighted by molar-refractivity contribution is 0.0755. The fourth-order valence-corrected chi connectivity index (χ4v) is 2.92. The van der Waals surface area contributed by atoms with Crippen LogP contribution in [-0.4, -0.2) is 39.1 Å². The van der Waals surface area contributed by atoms with Crippen molar-refractivity contribution >= 4 is 5.91 Å². The van der Waals surface area contributed by atoms with Crippen molar-refractivity contribution in [3.05, 3.63) is 47.8 Å². The molecule has 3 rings (SSSR count). The predicted molar refractivity (Wildman–Crippen MR) is 92.7 cm³/mol. The highest BCUT2D eigenvalue weighted by molar-refractivity contribution is 5.92. The molecule has 0 saturated carbocycles. The third kappa shape index (κ3) is 4.21. The van der Waals surface area contributed by atoms with Gasteiger partial charge in [-0.25, -0.2) is 4.98 Å². The third-order valence-electron chi connectivity index (χ3n) is 4.26. The zero-order valence-electron chi connectivity index (χ0n) is 14.0. The Morgan fingerprint density at radius 2 is 1.64 bits per heavy atom. The highest BCUT2D eigenvalue weighted by atomic mass is 16.5. The average Bonchev–Trinajstić information content (AvgIpc) is 2.90. The van der Waals surface area contributed by atoms with Gasteiger partial charge in [-0.2, -0.15) is 0 Å². The molecule has 1 saturated heterocycles. The number of aromatic nitrogens is 1. The highest BCUT2D eigenvalue weighted by Crippen LogP contribution is 2.35. The summed E-state index contributed by atoms with van der Waals surface area (Å²) in [5, 5.41) is 19.5. The van der Waals surface area contributed by atoms with Gasteiger partial charge in [0, 0.05) is 13.1 Å². The Hall–Kier alpha value is -2.76. The van der Waals surface area contributed by atoms with Crippen molar-refractivity contribution in [3.63, 3.8) is 0 Å². The highest BCUT2D eigenvalue weighted by Gasteiger charge is 2.18. The Morgan fingerprint density at radius 3 is 2.32 bits per heavy atom. The minimum atomic E-state index is -0.142. The summed E-state index contributed by atoms with van der Waals surface area (Å²) >= 11 is 0. The fraction of sp³-hybridized carbons (Fsp3) is 0.368. The summed E-state index contributed by atoms with van der Waals surface area (Å²) in [6.07, 6.45) is 4.38. The topological polar surface area (TPSA) is 82.9 Å². The van der Waals surface area contributed by atoms with E-state index in [2.05, 4.69) is 4.98 Å². The maximum atomic E-state index is 12.6. The van der Waals surface area contributed by atoms with Gasteiger partial charge in [0.05, 0.1) is 5.69 Å². The molecule has 1 aromatic heterocycles. The van der Waals surface area contributed by atoms with E-state index in [-0.39, 0.29) is 29.8 Å². The molecule has 1 aliphatic heterocycles. The van der Waals surface area contributed by atoms with E-state index in [1.54, 1.807) is 18.2 Å². The van der Waals surface area contributed by atoms with Gasteiger partial charge < -0.3 is 19.8 Å². The quantitative estimate of drug-likeness (QED) is 0.892. The molecule has 0 aliphatic carbocycles. The average molecular weight is 342 g/mol. The molecule has 25 heavy (non-hydrogen) atoms. The van der Waals surface area contributed by atoms with E-state index in [0.717, 1.165) is 38.8 Å². The Morgan fingerprint density at radius 1 is 1.00 bits per heavy atom. The van der Waals surface area contributed by atoms with Crippen LogP contribution in [0.4, 0.5) is 0 Å². The number of rotatable bonds is 4. The zero-order chi connectivity index (χ0) is 17.6. The first-order valence-corrected chi connectivity index (χ1v) is 8.54. The van der Waals surface area contributed by atoms with Crippen molar-refractivity contribution in [1.29, 1.82) is 0 Å². The van der Waals surface area contributed by atoms with Crippen LogP contribution >= 0.6 is 0 Å². The van der Waals surface area contributed by atoms with Gasteiger partial charge in [0.25, 0.3) is 5.91 Å². The normalized spacial score (nSPS) is 14.8. The first-order valence-electron chi connectivity index (χ1n) is 8.54. The van der Waals surface area contributed by atoms with Crippen molar-refractivity contribution in [2.75, 3.05) is 13.1 Å². The minimum Gasteiger partial charge on any atom is -0.504 e. The Bertz CT molecular complexity index is 720. The number of ether oxygens (including phenoxy) is 1. The number of phenolic OH excluding ortho intramolecular Hbond substituents is 2. The molecule has 0 bridgehead atoms. The summed E-state index contributed by atoms with van der Waals surface area (Å²) in [5.74, 6) is -0.337. The number of hydrogen-bond donors (Lipinski definition) is 2. The first kappa shape index (κ1) is 17.1. The molecule has 1 fully saturated rings. The monoisotopic (exact) mass is 342 g/mol. The second-order valence-electron chi connectivity index (χ2n) is 6.13. The van der Waals surface area contributed by atoms with Gasteiger partial charge >= 0.3 is 0 Å². The number of hydrogen-bond acceptors (Lipinski definition) is 5. The van der Waals surface area contributed by atoms with Crippen LogP contribution in [-0.2, 0) is 6.61 Å². The number of para-hydroxylation sites is 1. The maximum Gasteiger partial charge on any atom is 0.272 e. The molecule has 6 heteroatoms. The largest absolute Gasteiger partial charge is 0.504 e. The lowest BCUT2D eigenvalue weighted by Gasteiger charge is -2.20. The first-order chi connectivity index (χ1) is 12.1. The van der Waals surface area contributed by atoms with Gasteiger partial charge in [-0.05, 0) is 37.1 Å². The molecule has 2 N–H and O–H groups in total. The second-order valence-corrected chi connectivity index (χ2v) is 6.13. The van der Waals surface area contributed by atoms with Crippen LogP contribution in [0, 0.1) is 0 Å². The number of aromatic hydroxyl groups is 2. The molecule has 0 atom stereocenters. The smallest absolute Gasteiger partial charge is 0.272 e. The van der Waals surface area contributed by atoms with Crippen LogP contribution in [0.25, 0.3) is 0 Å². The van der Waals surface area contributed by atoms with Gasteiger partial charge in [0.1, 0.15) is 12.3 Å². The summed E-state index contributed by atoms with van der Waals surface area (Å²) in [6, 6.07) is 9.60. The number of carbonyl (C=O) groups excluding carboxylic acids is 1. The molecule has 0 radical (unpaired) electrons. The predicted octanol–water partition coefficient (Wildman–Crippen LogP) is 3.09. The van der Waals surface area contributed by atoms with Gasteiger partial charge in [-0.1, -0.05) is 25.0 Å². The van der Waals surface area contributed by atoms with Crippen LogP contribution in [0.1, 0.15) is 41.9 Å². The van der Waals surface area contributed by atoms with Gasteiger partial charge in [0.2, 0.25) is 5.75 Å². The van der Waals surface area contributed by atoms with Gasteiger partial charge in [-0.15, -0.1) is 0 Å². The van der Waals surface area contributed by atoms with Crippen molar-refractivity contribution in [3.8, 4) is 17.2 Å². The number of nitrogens with zero attached hydrogens (tertiary/aromatic N) is 2. The van der Waals surface area contributed by atoms with Crippen LogP contribution in [0.2, 0.25) is 0 Å². The third-order valence-corrected chi connectivity index (χ3v) is 4.26. The zero-order valence-corrected chi connectivity index (χ0v) is 14.0. The summed E-state index contributed by atoms with van der Waals surface area (Å²) < 4.78 is 5.47. The molecule has 1 aliphatic rings. The van der Waals surface area contributed by atoms with E-state index >= 15 is 0 Å². The number of phenols is 2.